The van der Waals surface area contributed by atoms with Crippen LogP contribution in [0.15, 0.2) is 12.2 Å². The number of carbonyl (C=O) groups is 11. The van der Waals surface area contributed by atoms with Crippen LogP contribution in [0.5, 0.6) is 0 Å². The largest absolute Gasteiger partial charge is 0.463 e. The van der Waals surface area contributed by atoms with Crippen LogP contribution in [0.4, 0.5) is 0 Å². The summed E-state index contributed by atoms with van der Waals surface area (Å²) in [5, 5.41) is 8.54. The Bertz CT molecular complexity index is 2390. The summed E-state index contributed by atoms with van der Waals surface area (Å²) in [5.74, 6) is -8.59. The molecular weight excluding hydrogens is 1620 g/mol. The number of carbonyl (C=O) groups excluding carboxylic acids is 11. The summed E-state index contributed by atoms with van der Waals surface area (Å²) in [5.41, 5.74) is -7.12. The van der Waals surface area contributed by atoms with Gasteiger partial charge in [0.1, 0.15) is 81.8 Å². The van der Waals surface area contributed by atoms with Gasteiger partial charge in [-0.3, -0.25) is 57.6 Å². The number of fused-ring (bicyclic) bond motifs is 3. The number of likely N-dealkylation sites (tertiary alicyclic amines) is 1. The number of alkyl halides is 6. The third kappa shape index (κ3) is 26.2. The van der Waals surface area contributed by atoms with Crippen molar-refractivity contribution < 1.29 is 105 Å². The number of rotatable bonds is 41. The summed E-state index contributed by atoms with van der Waals surface area (Å²) in [7, 11) is 0. The Morgan fingerprint density at radius 3 is 0.968 bits per heavy atom. The van der Waals surface area contributed by atoms with Gasteiger partial charge in [-0.1, -0.05) is 108 Å². The molecular formula is C61H92Br6N4O22. The van der Waals surface area contributed by atoms with Crippen LogP contribution >= 0.6 is 95.6 Å². The Labute approximate surface area is 595 Å². The average molecular weight is 1710 g/mol. The average Bonchev–Trinajstić information content (AvgIpc) is 1.62. The number of halogens is 6. The lowest BCUT2D eigenvalue weighted by atomic mass is 9.73. The maximum absolute atomic E-state index is 14.9. The zero-order valence-electron chi connectivity index (χ0n) is 55.6. The van der Waals surface area contributed by atoms with E-state index in [-0.39, 0.29) is 83.2 Å². The summed E-state index contributed by atoms with van der Waals surface area (Å²) in [6, 6.07) is 0. The Kier molecular flexibility index (Phi) is 31.6. The second-order valence-corrected chi connectivity index (χ2v) is 39.0. The van der Waals surface area contributed by atoms with Crippen LogP contribution < -0.4 is 16.0 Å². The molecule has 0 aromatic rings. The van der Waals surface area contributed by atoms with Crippen molar-refractivity contribution in [2.45, 2.75) is 136 Å². The normalized spacial score (nSPS) is 18.1. The SMILES string of the molecule is CC(C)(Br)C(=O)OCC(C)(COC(=O)C(C)(C)Br)C(=O)NCC(CNC(=O)C(C)(COC(=O)C(C)(C)Br)COC(=O)C(C)(C)Br)(CNC(=O)C(C)(COC(=O)C(C)(C)Br)COC(=O)C(C)(C)Br)COCCOCCOCCOCCN1C(=O)C2COC3C=CC3C2C1=O. The van der Waals surface area contributed by atoms with Gasteiger partial charge in [0.2, 0.25) is 29.5 Å². The molecule has 0 aromatic heterocycles. The third-order valence-corrected chi connectivity index (χ3v) is 16.8. The lowest BCUT2D eigenvalue weighted by Gasteiger charge is -2.39. The van der Waals surface area contributed by atoms with Crippen molar-refractivity contribution >= 4 is 161 Å². The standard InChI is InChI=1S/C61H92Br6N4O22/c1-52(2,62)46(77)88-30-58(13,31-89-47(78)53(3,4)63)43(74)68-27-61(28-69-44(75)59(14,32-90-48(79)54(5,6)64)33-91-49(80)55(7,8)65,29-70-45(76)60(15,34-92-50(81)56(9,10)66)35-93-51(82)57(11,12)67)36-86-25-24-85-23-22-84-21-20-83-19-18-71-41(72)38-26-87-39-17-16-37(39)40(38)42(71)73/h16-17,37-40H,18-36H2,1-15H3,(H,68,74)(H,69,75)(H,70,76). The molecule has 2 fully saturated rings. The van der Waals surface area contributed by atoms with Gasteiger partial charge in [-0.15, -0.1) is 0 Å². The van der Waals surface area contributed by atoms with E-state index in [1.165, 1.54) is 109 Å². The maximum Gasteiger partial charge on any atom is 0.322 e. The summed E-state index contributed by atoms with van der Waals surface area (Å²) in [4.78, 5) is 151. The molecule has 3 N–H and O–H groups in total. The van der Waals surface area contributed by atoms with E-state index in [1.54, 1.807) is 0 Å². The molecule has 0 saturated carbocycles. The van der Waals surface area contributed by atoms with Gasteiger partial charge in [0.15, 0.2) is 0 Å². The first-order valence-corrected chi connectivity index (χ1v) is 34.8. The summed E-state index contributed by atoms with van der Waals surface area (Å²) in [6.45, 7) is 17.6. The van der Waals surface area contributed by atoms with Crippen molar-refractivity contribution in [2.24, 2.45) is 39.4 Å². The zero-order valence-corrected chi connectivity index (χ0v) is 65.1. The van der Waals surface area contributed by atoms with Gasteiger partial charge in [0.05, 0.1) is 83.9 Å². The van der Waals surface area contributed by atoms with Crippen LogP contribution in [0.3, 0.4) is 0 Å². The molecule has 4 atom stereocenters. The van der Waals surface area contributed by atoms with Crippen LogP contribution in [0.1, 0.15) is 104 Å². The van der Waals surface area contributed by atoms with Crippen molar-refractivity contribution in [2.75, 3.05) is 125 Å². The topological polar surface area (TPSA) is 329 Å². The van der Waals surface area contributed by atoms with E-state index in [2.05, 4.69) is 112 Å². The van der Waals surface area contributed by atoms with Gasteiger partial charge < -0.3 is 68.1 Å². The van der Waals surface area contributed by atoms with Gasteiger partial charge in [-0.25, -0.2) is 0 Å². The minimum atomic E-state index is -1.82. The minimum absolute atomic E-state index is 0.0444. The number of amides is 5. The molecule has 0 spiro atoms. The quantitative estimate of drug-likeness (QED) is 0.0160. The van der Waals surface area contributed by atoms with Gasteiger partial charge in [0, 0.05) is 31.0 Å². The molecule has 5 amide bonds. The minimum Gasteiger partial charge on any atom is -0.463 e. The van der Waals surface area contributed by atoms with Crippen LogP contribution in [0.25, 0.3) is 0 Å². The predicted molar refractivity (Wildman–Crippen MR) is 359 cm³/mol. The summed E-state index contributed by atoms with van der Waals surface area (Å²) >= 11 is 19.6. The highest BCUT2D eigenvalue weighted by molar-refractivity contribution is 9.11. The fourth-order valence-electron chi connectivity index (χ4n) is 8.46. The van der Waals surface area contributed by atoms with E-state index in [9.17, 15) is 52.7 Å². The number of esters is 6. The highest BCUT2D eigenvalue weighted by atomic mass is 79.9. The van der Waals surface area contributed by atoms with Crippen LogP contribution in [-0.4, -0.2) is 228 Å². The van der Waals surface area contributed by atoms with Gasteiger partial charge >= 0.3 is 35.8 Å². The van der Waals surface area contributed by atoms with Crippen molar-refractivity contribution in [1.82, 2.24) is 20.9 Å². The van der Waals surface area contributed by atoms with E-state index in [0.717, 1.165) is 0 Å². The molecule has 3 aliphatic rings. The van der Waals surface area contributed by atoms with Crippen molar-refractivity contribution in [3.05, 3.63) is 12.2 Å². The predicted octanol–water partition coefficient (Wildman–Crippen LogP) is 5.89. The van der Waals surface area contributed by atoms with E-state index >= 15 is 0 Å². The molecule has 3 rings (SSSR count). The highest BCUT2D eigenvalue weighted by Gasteiger charge is 2.56. The Balaban J connectivity index is 2.01. The van der Waals surface area contributed by atoms with Gasteiger partial charge in [-0.05, 0) is 104 Å². The second-order valence-electron chi connectivity index (χ2n) is 27.1. The first-order valence-electron chi connectivity index (χ1n) is 30.0. The molecule has 0 aromatic carbocycles. The first kappa shape index (κ1) is 84.0. The number of ether oxygens (including phenoxy) is 11. The Hall–Kier alpha value is -3.21. The number of hydrogen-bond acceptors (Lipinski definition) is 22. The molecule has 4 unspecified atom stereocenters. The molecule has 2 saturated heterocycles. The van der Waals surface area contributed by atoms with Crippen LogP contribution in [0.2, 0.25) is 0 Å². The molecule has 93 heavy (non-hydrogen) atoms. The number of imide groups is 1. The number of nitrogens with one attached hydrogen (secondary N) is 3. The fourth-order valence-corrected chi connectivity index (χ4v) is 9.15. The Morgan fingerprint density at radius 2 is 0.699 bits per heavy atom. The van der Waals surface area contributed by atoms with Crippen molar-refractivity contribution in [3.8, 4) is 0 Å². The van der Waals surface area contributed by atoms with Gasteiger partial charge in [-0.2, -0.15) is 0 Å². The number of nitrogens with zero attached hydrogens (tertiary/aromatic N) is 1. The first-order chi connectivity index (χ1) is 42.5. The highest BCUT2D eigenvalue weighted by Crippen LogP contribution is 2.44. The summed E-state index contributed by atoms with van der Waals surface area (Å²) < 4.78 is 55.6. The maximum atomic E-state index is 14.9. The van der Waals surface area contributed by atoms with Gasteiger partial charge in [0.25, 0.3) is 0 Å². The monoisotopic (exact) mass is 1710 g/mol. The van der Waals surface area contributed by atoms with E-state index in [4.69, 9.17) is 52.1 Å². The molecule has 0 bridgehead atoms. The zero-order chi connectivity index (χ0) is 71.0. The molecule has 26 nitrogen and oxygen atoms in total. The second kappa shape index (κ2) is 35.0. The molecule has 1 aliphatic carbocycles. The lowest BCUT2D eigenvalue weighted by Crippen LogP contribution is -2.59. The third-order valence-electron chi connectivity index (χ3n) is 14.9. The Morgan fingerprint density at radius 1 is 0.419 bits per heavy atom. The molecule has 0 radical (unpaired) electrons. The lowest BCUT2D eigenvalue weighted by molar-refractivity contribution is -0.161. The van der Waals surface area contributed by atoms with Crippen molar-refractivity contribution in [3.63, 3.8) is 0 Å². The fraction of sp³-hybridized carbons (Fsp3) is 0.787. The number of hydrogen-bond donors (Lipinski definition) is 3. The van der Waals surface area contributed by atoms with E-state index in [0.29, 0.717) is 0 Å². The van der Waals surface area contributed by atoms with Crippen molar-refractivity contribution in [1.29, 1.82) is 0 Å². The molecule has 2 aliphatic heterocycles. The van der Waals surface area contributed by atoms with E-state index < -0.39 is 179 Å². The summed E-state index contributed by atoms with van der Waals surface area (Å²) in [6.07, 6.45) is 3.66. The van der Waals surface area contributed by atoms with E-state index in [1.807, 2.05) is 12.2 Å². The molecule has 2 heterocycles. The molecule has 32 heteroatoms. The molecule has 530 valence electrons. The van der Waals surface area contributed by atoms with Crippen LogP contribution in [0, 0.1) is 39.4 Å². The smallest absolute Gasteiger partial charge is 0.322 e. The van der Waals surface area contributed by atoms with Crippen LogP contribution in [-0.2, 0) is 105 Å².